The molecule has 0 saturated heterocycles. The first-order chi connectivity index (χ1) is 8.08. The van der Waals surface area contributed by atoms with Crippen LogP contribution in [0.15, 0.2) is 29.6 Å². The van der Waals surface area contributed by atoms with Crippen LogP contribution in [0.3, 0.4) is 0 Å². The Labute approximate surface area is 113 Å². The SMILES string of the molecule is Cc1cc(Cl)c(NC(=O)c2cccs2)cc1Cl. The minimum Gasteiger partial charge on any atom is -0.320 e. The van der Waals surface area contributed by atoms with Crippen molar-refractivity contribution in [2.75, 3.05) is 5.32 Å². The molecule has 1 aromatic heterocycles. The van der Waals surface area contributed by atoms with Crippen LogP contribution in [-0.2, 0) is 0 Å². The standard InChI is InChI=1S/C12H9Cl2NOS/c1-7-5-9(14)10(6-8(7)13)15-12(16)11-3-2-4-17-11/h2-6H,1H3,(H,15,16). The van der Waals surface area contributed by atoms with Gasteiger partial charge in [0.05, 0.1) is 15.6 Å². The fourth-order valence-corrected chi connectivity index (χ4v) is 2.38. The Bertz CT molecular complexity index is 552. The van der Waals surface area contributed by atoms with Crippen molar-refractivity contribution in [3.63, 3.8) is 0 Å². The highest BCUT2D eigenvalue weighted by Gasteiger charge is 2.10. The molecule has 0 spiro atoms. The third-order valence-corrected chi connectivity index (χ3v) is 3.83. The van der Waals surface area contributed by atoms with Crippen molar-refractivity contribution < 1.29 is 4.79 Å². The van der Waals surface area contributed by atoms with Gasteiger partial charge in [-0.05, 0) is 36.1 Å². The summed E-state index contributed by atoms with van der Waals surface area (Å²) in [5.74, 6) is -0.179. The normalized spacial score (nSPS) is 10.3. The average Bonchev–Trinajstić information content (AvgIpc) is 2.79. The van der Waals surface area contributed by atoms with Crippen molar-refractivity contribution >= 4 is 46.1 Å². The second-order valence-corrected chi connectivity index (χ2v) is 5.27. The minimum atomic E-state index is -0.179. The van der Waals surface area contributed by atoms with Crippen LogP contribution >= 0.6 is 34.5 Å². The van der Waals surface area contributed by atoms with Crippen molar-refractivity contribution in [3.05, 3.63) is 50.1 Å². The molecule has 1 N–H and O–H groups in total. The number of hydrogen-bond donors (Lipinski definition) is 1. The lowest BCUT2D eigenvalue weighted by Crippen LogP contribution is -2.10. The lowest BCUT2D eigenvalue weighted by Gasteiger charge is -2.08. The number of rotatable bonds is 2. The van der Waals surface area contributed by atoms with Crippen molar-refractivity contribution in [1.29, 1.82) is 0 Å². The monoisotopic (exact) mass is 285 g/mol. The Morgan fingerprint density at radius 3 is 2.71 bits per heavy atom. The maximum Gasteiger partial charge on any atom is 0.265 e. The van der Waals surface area contributed by atoms with E-state index in [1.807, 2.05) is 18.4 Å². The van der Waals surface area contributed by atoms with E-state index in [-0.39, 0.29) is 5.91 Å². The fourth-order valence-electron chi connectivity index (χ4n) is 1.33. The van der Waals surface area contributed by atoms with E-state index in [4.69, 9.17) is 23.2 Å². The molecule has 0 fully saturated rings. The van der Waals surface area contributed by atoms with Gasteiger partial charge >= 0.3 is 0 Å². The molecule has 0 saturated carbocycles. The molecule has 88 valence electrons. The van der Waals surface area contributed by atoms with E-state index in [9.17, 15) is 4.79 Å². The van der Waals surface area contributed by atoms with Gasteiger partial charge in [0.25, 0.3) is 5.91 Å². The summed E-state index contributed by atoms with van der Waals surface area (Å²) in [4.78, 5) is 12.5. The smallest absolute Gasteiger partial charge is 0.265 e. The Balaban J connectivity index is 2.25. The van der Waals surface area contributed by atoms with E-state index in [0.29, 0.717) is 20.6 Å². The van der Waals surface area contributed by atoms with Gasteiger partial charge in [-0.25, -0.2) is 0 Å². The van der Waals surface area contributed by atoms with E-state index in [2.05, 4.69) is 5.32 Å². The highest BCUT2D eigenvalue weighted by Crippen LogP contribution is 2.29. The lowest BCUT2D eigenvalue weighted by molar-refractivity contribution is 0.103. The Hall–Kier alpha value is -1.03. The average molecular weight is 286 g/mol. The molecule has 0 aliphatic rings. The van der Waals surface area contributed by atoms with Gasteiger partial charge in [0, 0.05) is 5.02 Å². The van der Waals surface area contributed by atoms with Crippen LogP contribution in [0.5, 0.6) is 0 Å². The largest absolute Gasteiger partial charge is 0.320 e. The molecule has 1 amide bonds. The number of hydrogen-bond acceptors (Lipinski definition) is 2. The molecule has 5 heteroatoms. The number of carbonyl (C=O) groups is 1. The summed E-state index contributed by atoms with van der Waals surface area (Å²) in [5, 5.41) is 5.64. The summed E-state index contributed by atoms with van der Waals surface area (Å²) in [6, 6.07) is 6.96. The number of aryl methyl sites for hydroxylation is 1. The summed E-state index contributed by atoms with van der Waals surface area (Å²) < 4.78 is 0. The summed E-state index contributed by atoms with van der Waals surface area (Å²) in [7, 11) is 0. The van der Waals surface area contributed by atoms with Crippen molar-refractivity contribution in [3.8, 4) is 0 Å². The van der Waals surface area contributed by atoms with Crippen LogP contribution in [0.2, 0.25) is 10.0 Å². The van der Waals surface area contributed by atoms with E-state index < -0.39 is 0 Å². The molecule has 0 bridgehead atoms. The molecule has 0 unspecified atom stereocenters. The topological polar surface area (TPSA) is 29.1 Å². The van der Waals surface area contributed by atoms with Crippen molar-refractivity contribution in [1.82, 2.24) is 0 Å². The van der Waals surface area contributed by atoms with Gasteiger partial charge in [0.2, 0.25) is 0 Å². The molecule has 2 rings (SSSR count). The first-order valence-electron chi connectivity index (χ1n) is 4.88. The van der Waals surface area contributed by atoms with E-state index >= 15 is 0 Å². The van der Waals surface area contributed by atoms with Crippen LogP contribution in [0.4, 0.5) is 5.69 Å². The van der Waals surface area contributed by atoms with Crippen LogP contribution in [0, 0.1) is 6.92 Å². The molecular formula is C12H9Cl2NOS. The fraction of sp³-hybridized carbons (Fsp3) is 0.0833. The van der Waals surface area contributed by atoms with E-state index in [1.165, 1.54) is 11.3 Å². The number of thiophene rings is 1. The highest BCUT2D eigenvalue weighted by atomic mass is 35.5. The van der Waals surface area contributed by atoms with E-state index in [1.54, 1.807) is 18.2 Å². The number of carbonyl (C=O) groups excluding carboxylic acids is 1. The Morgan fingerprint density at radius 2 is 2.06 bits per heavy atom. The Morgan fingerprint density at radius 1 is 1.29 bits per heavy atom. The summed E-state index contributed by atoms with van der Waals surface area (Å²) in [6.07, 6.45) is 0. The molecule has 2 aromatic rings. The van der Waals surface area contributed by atoms with Gasteiger partial charge in [-0.15, -0.1) is 11.3 Å². The molecule has 17 heavy (non-hydrogen) atoms. The van der Waals surface area contributed by atoms with E-state index in [0.717, 1.165) is 5.56 Å². The van der Waals surface area contributed by atoms with Gasteiger partial charge in [0.15, 0.2) is 0 Å². The predicted molar refractivity (Wildman–Crippen MR) is 73.5 cm³/mol. The minimum absolute atomic E-state index is 0.179. The summed E-state index contributed by atoms with van der Waals surface area (Å²) in [5.41, 5.74) is 1.41. The second kappa shape index (κ2) is 5.08. The summed E-state index contributed by atoms with van der Waals surface area (Å²) in [6.45, 7) is 1.86. The molecule has 1 aromatic carbocycles. The molecule has 0 aliphatic heterocycles. The third kappa shape index (κ3) is 2.80. The molecule has 2 nitrogen and oxygen atoms in total. The van der Waals surface area contributed by atoms with Crippen molar-refractivity contribution in [2.24, 2.45) is 0 Å². The molecule has 0 atom stereocenters. The van der Waals surface area contributed by atoms with Crippen LogP contribution in [0.1, 0.15) is 15.2 Å². The number of anilines is 1. The molecular weight excluding hydrogens is 277 g/mol. The number of amides is 1. The molecule has 0 aliphatic carbocycles. The van der Waals surface area contributed by atoms with Gasteiger partial charge < -0.3 is 5.32 Å². The zero-order valence-electron chi connectivity index (χ0n) is 8.96. The second-order valence-electron chi connectivity index (χ2n) is 3.51. The number of benzene rings is 1. The van der Waals surface area contributed by atoms with Gasteiger partial charge in [0.1, 0.15) is 0 Å². The maximum atomic E-state index is 11.8. The van der Waals surface area contributed by atoms with Crippen LogP contribution < -0.4 is 5.32 Å². The maximum absolute atomic E-state index is 11.8. The zero-order chi connectivity index (χ0) is 12.4. The molecule has 1 heterocycles. The number of halogens is 2. The highest BCUT2D eigenvalue weighted by molar-refractivity contribution is 7.12. The summed E-state index contributed by atoms with van der Waals surface area (Å²) >= 11 is 13.4. The van der Waals surface area contributed by atoms with Crippen molar-refractivity contribution in [2.45, 2.75) is 6.92 Å². The van der Waals surface area contributed by atoms with Gasteiger partial charge in [-0.1, -0.05) is 29.3 Å². The van der Waals surface area contributed by atoms with Crippen LogP contribution in [-0.4, -0.2) is 5.91 Å². The van der Waals surface area contributed by atoms with Crippen LogP contribution in [0.25, 0.3) is 0 Å². The van der Waals surface area contributed by atoms with Gasteiger partial charge in [-0.2, -0.15) is 0 Å². The molecule has 0 radical (unpaired) electrons. The predicted octanol–water partition coefficient (Wildman–Crippen LogP) is 4.62. The lowest BCUT2D eigenvalue weighted by atomic mass is 10.2. The number of nitrogens with one attached hydrogen (secondary N) is 1. The quantitative estimate of drug-likeness (QED) is 0.857. The first-order valence-corrected chi connectivity index (χ1v) is 6.52. The third-order valence-electron chi connectivity index (χ3n) is 2.24. The zero-order valence-corrected chi connectivity index (χ0v) is 11.3. The van der Waals surface area contributed by atoms with Gasteiger partial charge in [-0.3, -0.25) is 4.79 Å². The Kier molecular flexibility index (Phi) is 3.72. The first kappa shape index (κ1) is 12.4.